The van der Waals surface area contributed by atoms with Crippen molar-refractivity contribution < 1.29 is 22.8 Å². The fourth-order valence-electron chi connectivity index (χ4n) is 3.03. The summed E-state index contributed by atoms with van der Waals surface area (Å²) in [5.41, 5.74) is 3.25. The van der Waals surface area contributed by atoms with Crippen LogP contribution < -0.4 is 10.6 Å². The molecule has 12 heteroatoms. The number of alkyl halides is 3. The largest absolute Gasteiger partial charge is 0.405 e. The molecule has 0 unspecified atom stereocenters. The highest BCUT2D eigenvalue weighted by Crippen LogP contribution is 2.25. The number of nitrogens with one attached hydrogen (secondary N) is 2. The van der Waals surface area contributed by atoms with Crippen LogP contribution in [0, 0.1) is 0 Å². The number of halogens is 4. The maximum atomic E-state index is 12.3. The van der Waals surface area contributed by atoms with Crippen molar-refractivity contribution in [2.24, 2.45) is 5.16 Å². The van der Waals surface area contributed by atoms with Gasteiger partial charge in [-0.05, 0) is 36.4 Å². The molecule has 0 saturated carbocycles. The van der Waals surface area contributed by atoms with E-state index in [-0.39, 0.29) is 0 Å². The lowest BCUT2D eigenvalue weighted by molar-refractivity contribution is -0.122. The van der Waals surface area contributed by atoms with Crippen molar-refractivity contribution in [3.05, 3.63) is 75.7 Å². The Bertz CT molecular complexity index is 1340. The Morgan fingerprint density at radius 2 is 2.09 bits per heavy atom. The number of amides is 2. The topological polar surface area (TPSA) is 80.0 Å². The summed E-state index contributed by atoms with van der Waals surface area (Å²) in [6.45, 7) is -1.09. The maximum absolute atomic E-state index is 12.3. The summed E-state index contributed by atoms with van der Waals surface area (Å²) >= 11 is 7.31. The van der Waals surface area contributed by atoms with Crippen molar-refractivity contribution in [3.8, 4) is 11.3 Å². The molecule has 0 bridgehead atoms. The molecule has 0 spiro atoms. The first-order chi connectivity index (χ1) is 16.3. The van der Waals surface area contributed by atoms with Crippen LogP contribution in [0.3, 0.4) is 0 Å². The van der Waals surface area contributed by atoms with E-state index in [0.717, 1.165) is 21.7 Å². The molecule has 2 amide bonds. The van der Waals surface area contributed by atoms with Gasteiger partial charge in [-0.3, -0.25) is 4.40 Å². The molecule has 0 aliphatic carbocycles. The number of imidazole rings is 1. The number of rotatable bonds is 7. The number of nitrogens with zero attached hydrogens (tertiary/aromatic N) is 3. The number of hydrogen-bond donors (Lipinski definition) is 2. The maximum Gasteiger partial charge on any atom is 0.405 e. The zero-order valence-electron chi connectivity index (χ0n) is 17.3. The van der Waals surface area contributed by atoms with Gasteiger partial charge in [0, 0.05) is 27.9 Å². The highest BCUT2D eigenvalue weighted by Gasteiger charge is 2.27. The zero-order chi connectivity index (χ0) is 24.1. The second-order valence-corrected chi connectivity index (χ2v) is 8.85. The zero-order valence-corrected chi connectivity index (χ0v) is 18.9. The van der Waals surface area contributed by atoms with Gasteiger partial charge in [0.25, 0.3) is 0 Å². The number of thiophene rings is 1. The molecule has 2 N–H and O–H groups in total. The van der Waals surface area contributed by atoms with Crippen molar-refractivity contribution in [2.75, 3.05) is 11.9 Å². The van der Waals surface area contributed by atoms with Crippen LogP contribution in [0.25, 0.3) is 16.9 Å². The van der Waals surface area contributed by atoms with Crippen molar-refractivity contribution in [1.82, 2.24) is 14.7 Å². The molecule has 3 aromatic heterocycles. The minimum Gasteiger partial charge on any atom is -0.390 e. The van der Waals surface area contributed by atoms with Crippen LogP contribution in [-0.4, -0.2) is 34.4 Å². The fourth-order valence-corrected chi connectivity index (χ4v) is 4.03. The number of oxime groups is 1. The molecule has 4 rings (SSSR count). The average molecular weight is 508 g/mol. The summed E-state index contributed by atoms with van der Waals surface area (Å²) in [6, 6.07) is 13.1. The van der Waals surface area contributed by atoms with Crippen LogP contribution in [0.15, 0.2) is 66.1 Å². The third-order valence-electron chi connectivity index (χ3n) is 4.51. The number of anilines is 1. The highest BCUT2D eigenvalue weighted by atomic mass is 35.5. The van der Waals surface area contributed by atoms with Crippen molar-refractivity contribution >= 4 is 46.5 Å². The molecule has 176 valence electrons. The fraction of sp³-hybridized carbons (Fsp3) is 0.136. The van der Waals surface area contributed by atoms with Crippen LogP contribution in [0.2, 0.25) is 4.34 Å². The molecular formula is C22H17ClF3N5O2S. The number of carbonyl (C=O) groups excluding carboxylic acids is 1. The first-order valence-electron chi connectivity index (χ1n) is 9.85. The second kappa shape index (κ2) is 10.1. The van der Waals surface area contributed by atoms with Gasteiger partial charge in [-0.25, -0.2) is 9.78 Å². The van der Waals surface area contributed by atoms with Crippen molar-refractivity contribution in [3.63, 3.8) is 0 Å². The van der Waals surface area contributed by atoms with Crippen LogP contribution in [0.4, 0.5) is 23.7 Å². The van der Waals surface area contributed by atoms with Crippen molar-refractivity contribution in [2.45, 2.75) is 12.8 Å². The minimum absolute atomic E-state index is 0.322. The molecule has 0 fully saturated rings. The summed E-state index contributed by atoms with van der Waals surface area (Å²) in [5.74, 6) is 0. The Hall–Kier alpha value is -3.57. The van der Waals surface area contributed by atoms with E-state index in [1.54, 1.807) is 42.0 Å². The molecule has 7 nitrogen and oxygen atoms in total. The summed E-state index contributed by atoms with van der Waals surface area (Å²) in [7, 11) is 0. The van der Waals surface area contributed by atoms with Gasteiger partial charge in [0.05, 0.1) is 22.4 Å². The second-order valence-electron chi connectivity index (χ2n) is 7.05. The number of aromatic nitrogens is 2. The van der Waals surface area contributed by atoms with E-state index in [4.69, 9.17) is 16.4 Å². The number of benzene rings is 1. The summed E-state index contributed by atoms with van der Waals surface area (Å²) in [6.07, 6.45) is 0.571. The molecule has 34 heavy (non-hydrogen) atoms. The van der Waals surface area contributed by atoms with Gasteiger partial charge in [-0.1, -0.05) is 28.9 Å². The number of hydrogen-bond acceptors (Lipinski definition) is 5. The van der Waals surface area contributed by atoms with E-state index in [9.17, 15) is 18.0 Å². The third kappa shape index (κ3) is 6.27. The lowest BCUT2D eigenvalue weighted by atomic mass is 10.1. The van der Waals surface area contributed by atoms with Crippen molar-refractivity contribution in [1.29, 1.82) is 0 Å². The molecule has 0 atom stereocenters. The SMILES string of the molecule is O=C(NCC(F)(F)F)Nc1cccc(-c2cnc3cc(C=NOCc4ccc(Cl)s4)ccn23)c1. The van der Waals surface area contributed by atoms with E-state index < -0.39 is 18.8 Å². The van der Waals surface area contributed by atoms with E-state index in [2.05, 4.69) is 15.5 Å². The standard InChI is InChI=1S/C22H17ClF3N5O2S/c23-19-5-4-17(34-19)12-33-29-10-14-6-7-31-18(11-27-20(31)8-14)15-2-1-3-16(9-15)30-21(32)28-13-22(24,25)26/h1-11H,12-13H2,(H2,28,30,32). The smallest absolute Gasteiger partial charge is 0.390 e. The molecule has 0 aliphatic heterocycles. The number of carbonyl (C=O) groups is 1. The van der Waals surface area contributed by atoms with Gasteiger partial charge in [-0.2, -0.15) is 13.2 Å². The monoisotopic (exact) mass is 507 g/mol. The van der Waals surface area contributed by atoms with Crippen LogP contribution in [0.5, 0.6) is 0 Å². The predicted molar refractivity (Wildman–Crippen MR) is 125 cm³/mol. The lowest BCUT2D eigenvalue weighted by Crippen LogP contribution is -2.36. The van der Waals surface area contributed by atoms with E-state index in [1.165, 1.54) is 11.3 Å². The molecule has 0 aliphatic rings. The Morgan fingerprint density at radius 3 is 2.85 bits per heavy atom. The Labute approximate surface area is 200 Å². The molecule has 3 heterocycles. The number of pyridine rings is 1. The summed E-state index contributed by atoms with van der Waals surface area (Å²) < 4.78 is 39.3. The number of fused-ring (bicyclic) bond motifs is 1. The van der Waals surface area contributed by atoms with Gasteiger partial charge in [-0.15, -0.1) is 11.3 Å². The third-order valence-corrected chi connectivity index (χ3v) is 5.72. The van der Waals surface area contributed by atoms with Gasteiger partial charge in [0.2, 0.25) is 0 Å². The van der Waals surface area contributed by atoms with Gasteiger partial charge >= 0.3 is 12.2 Å². The van der Waals surface area contributed by atoms with Crippen LogP contribution >= 0.6 is 22.9 Å². The summed E-state index contributed by atoms with van der Waals surface area (Å²) in [4.78, 5) is 22.4. The highest BCUT2D eigenvalue weighted by molar-refractivity contribution is 7.16. The Morgan fingerprint density at radius 1 is 1.24 bits per heavy atom. The molecule has 4 aromatic rings. The molecule has 0 radical (unpaired) electrons. The normalized spacial score (nSPS) is 11.8. The van der Waals surface area contributed by atoms with Crippen LogP contribution in [0.1, 0.15) is 10.4 Å². The quantitative estimate of drug-likeness (QED) is 0.239. The predicted octanol–water partition coefficient (Wildman–Crippen LogP) is 5.95. The molecular weight excluding hydrogens is 491 g/mol. The van der Waals surface area contributed by atoms with Crippen LogP contribution in [-0.2, 0) is 11.4 Å². The van der Waals surface area contributed by atoms with Gasteiger partial charge < -0.3 is 15.5 Å². The average Bonchev–Trinajstić information content (AvgIpc) is 3.40. The lowest BCUT2D eigenvalue weighted by Gasteiger charge is -2.10. The Kier molecular flexibility index (Phi) is 7.03. The van der Waals surface area contributed by atoms with E-state index in [0.29, 0.717) is 22.3 Å². The van der Waals surface area contributed by atoms with E-state index >= 15 is 0 Å². The minimum atomic E-state index is -4.48. The first kappa shape index (κ1) is 23.6. The first-order valence-corrected chi connectivity index (χ1v) is 11.0. The molecule has 0 saturated heterocycles. The number of urea groups is 1. The summed E-state index contributed by atoms with van der Waals surface area (Å²) in [5, 5.41) is 8.14. The van der Waals surface area contributed by atoms with Gasteiger partial charge in [0.15, 0.2) is 6.61 Å². The van der Waals surface area contributed by atoms with E-state index in [1.807, 2.05) is 34.9 Å². The Balaban J connectivity index is 1.43. The molecule has 1 aromatic carbocycles. The van der Waals surface area contributed by atoms with Gasteiger partial charge in [0.1, 0.15) is 12.2 Å².